The summed E-state index contributed by atoms with van der Waals surface area (Å²) in [5.41, 5.74) is 0.888. The van der Waals surface area contributed by atoms with Crippen LogP contribution in [0, 0.1) is 0 Å². The van der Waals surface area contributed by atoms with E-state index in [9.17, 15) is 18.0 Å². The van der Waals surface area contributed by atoms with E-state index in [0.717, 1.165) is 24.4 Å². The van der Waals surface area contributed by atoms with Gasteiger partial charge >= 0.3 is 5.69 Å². The van der Waals surface area contributed by atoms with Crippen molar-refractivity contribution in [2.45, 2.75) is 30.2 Å². The number of nitrogens with one attached hydrogen (secondary N) is 1. The minimum absolute atomic E-state index is 0.140. The summed E-state index contributed by atoms with van der Waals surface area (Å²) in [5.74, 6) is 0.689. The van der Waals surface area contributed by atoms with Gasteiger partial charge in [-0.1, -0.05) is 18.2 Å². The number of para-hydroxylation sites is 1. The molecule has 0 atom stereocenters. The zero-order valence-corrected chi connectivity index (χ0v) is 20.0. The lowest BCUT2D eigenvalue weighted by Crippen LogP contribution is -2.40. The van der Waals surface area contributed by atoms with Gasteiger partial charge in [-0.15, -0.1) is 0 Å². The normalized spacial score (nSPS) is 16.8. The molecule has 0 bridgehead atoms. The lowest BCUT2D eigenvalue weighted by atomic mass is 10.2. The average Bonchev–Trinajstić information content (AvgIpc) is 3.69. The van der Waals surface area contributed by atoms with Gasteiger partial charge < -0.3 is 10.1 Å². The van der Waals surface area contributed by atoms with Gasteiger partial charge in [-0.3, -0.25) is 4.79 Å². The molecule has 1 amide bonds. The second-order valence-corrected chi connectivity index (χ2v) is 10.5. The number of aromatic nitrogens is 3. The van der Waals surface area contributed by atoms with E-state index >= 15 is 0 Å². The van der Waals surface area contributed by atoms with Crippen molar-refractivity contribution in [1.82, 2.24) is 24.0 Å². The minimum Gasteiger partial charge on any atom is -0.379 e. The molecule has 184 valence electrons. The zero-order chi connectivity index (χ0) is 24.4. The SMILES string of the molecule is O=C(NCCn1nc(C2CC2)n(-c2ccccc2)c1=O)c1ccc(S(=O)(=O)N2CCOCC2)cc1. The molecule has 10 nitrogen and oxygen atoms in total. The van der Waals surface area contributed by atoms with Gasteiger partial charge in [0.2, 0.25) is 10.0 Å². The molecular weight excluding hydrogens is 470 g/mol. The Balaban J connectivity index is 1.23. The molecule has 1 saturated heterocycles. The van der Waals surface area contributed by atoms with E-state index in [0.29, 0.717) is 31.9 Å². The van der Waals surface area contributed by atoms with E-state index in [1.54, 1.807) is 4.57 Å². The summed E-state index contributed by atoms with van der Waals surface area (Å²) in [6.07, 6.45) is 2.02. The highest BCUT2D eigenvalue weighted by molar-refractivity contribution is 7.89. The number of benzene rings is 2. The van der Waals surface area contributed by atoms with Gasteiger partial charge in [0.15, 0.2) is 0 Å². The van der Waals surface area contributed by atoms with E-state index < -0.39 is 10.0 Å². The topological polar surface area (TPSA) is 116 Å². The number of carbonyl (C=O) groups is 1. The molecule has 2 aliphatic rings. The van der Waals surface area contributed by atoms with E-state index in [4.69, 9.17) is 4.74 Å². The molecule has 11 heteroatoms. The predicted molar refractivity (Wildman–Crippen MR) is 128 cm³/mol. The van der Waals surface area contributed by atoms with Crippen molar-refractivity contribution in [2.75, 3.05) is 32.8 Å². The minimum atomic E-state index is -3.62. The first-order valence-corrected chi connectivity index (χ1v) is 13.1. The van der Waals surface area contributed by atoms with Gasteiger partial charge in [0.25, 0.3) is 5.91 Å². The number of sulfonamides is 1. The molecular formula is C24H27N5O5S. The highest BCUT2D eigenvalue weighted by atomic mass is 32.2. The molecule has 1 saturated carbocycles. The number of carbonyl (C=O) groups excluding carboxylic acids is 1. The van der Waals surface area contributed by atoms with Crippen molar-refractivity contribution in [3.8, 4) is 5.69 Å². The van der Waals surface area contributed by atoms with E-state index in [2.05, 4.69) is 10.4 Å². The van der Waals surface area contributed by atoms with E-state index in [1.807, 2.05) is 30.3 Å². The van der Waals surface area contributed by atoms with Crippen molar-refractivity contribution < 1.29 is 17.9 Å². The van der Waals surface area contributed by atoms with Gasteiger partial charge in [-0.05, 0) is 49.2 Å². The molecule has 1 aliphatic heterocycles. The van der Waals surface area contributed by atoms with E-state index in [-0.39, 0.29) is 35.5 Å². The summed E-state index contributed by atoms with van der Waals surface area (Å²) in [6, 6.07) is 15.3. The third-order valence-electron chi connectivity index (χ3n) is 6.15. The van der Waals surface area contributed by atoms with Crippen LogP contribution in [0.5, 0.6) is 0 Å². The Labute approximate surface area is 203 Å². The largest absolute Gasteiger partial charge is 0.379 e. The summed E-state index contributed by atoms with van der Waals surface area (Å²) < 4.78 is 35.1. The molecule has 2 heterocycles. The molecule has 2 fully saturated rings. The summed E-state index contributed by atoms with van der Waals surface area (Å²) >= 11 is 0. The van der Waals surface area contributed by atoms with Crippen molar-refractivity contribution >= 4 is 15.9 Å². The monoisotopic (exact) mass is 497 g/mol. The molecule has 2 aromatic carbocycles. The van der Waals surface area contributed by atoms with Gasteiger partial charge in [0.1, 0.15) is 5.82 Å². The number of nitrogens with zero attached hydrogens (tertiary/aromatic N) is 4. The fourth-order valence-electron chi connectivity index (χ4n) is 4.09. The first kappa shape index (κ1) is 23.5. The van der Waals surface area contributed by atoms with Gasteiger partial charge in [-0.25, -0.2) is 22.5 Å². The van der Waals surface area contributed by atoms with Crippen LogP contribution in [-0.2, 0) is 21.3 Å². The fraction of sp³-hybridized carbons (Fsp3) is 0.375. The highest BCUT2D eigenvalue weighted by Crippen LogP contribution is 2.39. The Hall–Kier alpha value is -3.28. The summed E-state index contributed by atoms with van der Waals surface area (Å²) in [7, 11) is -3.62. The van der Waals surface area contributed by atoms with Gasteiger partial charge in [-0.2, -0.15) is 9.40 Å². The lowest BCUT2D eigenvalue weighted by Gasteiger charge is -2.26. The summed E-state index contributed by atoms with van der Waals surface area (Å²) in [5, 5.41) is 7.32. The predicted octanol–water partition coefficient (Wildman–Crippen LogP) is 1.36. The van der Waals surface area contributed by atoms with Crippen LogP contribution in [-0.4, -0.2) is 65.8 Å². The number of ether oxygens (including phenoxy) is 1. The quantitative estimate of drug-likeness (QED) is 0.503. The van der Waals surface area contributed by atoms with Gasteiger partial charge in [0.05, 0.1) is 30.3 Å². The molecule has 0 radical (unpaired) electrons. The summed E-state index contributed by atoms with van der Waals surface area (Å²) in [6.45, 7) is 1.80. The Kier molecular flexibility index (Phi) is 6.54. The van der Waals surface area contributed by atoms with Crippen LogP contribution in [0.25, 0.3) is 5.69 Å². The van der Waals surface area contributed by atoms with Crippen molar-refractivity contribution in [2.24, 2.45) is 0 Å². The lowest BCUT2D eigenvalue weighted by molar-refractivity contribution is 0.0730. The maximum absolute atomic E-state index is 13.0. The Morgan fingerprint density at radius 2 is 1.71 bits per heavy atom. The maximum atomic E-state index is 13.0. The number of amides is 1. The molecule has 5 rings (SSSR count). The van der Waals surface area contributed by atoms with Crippen LogP contribution in [0.2, 0.25) is 0 Å². The molecule has 35 heavy (non-hydrogen) atoms. The van der Waals surface area contributed by atoms with Crippen LogP contribution in [0.1, 0.15) is 34.9 Å². The van der Waals surface area contributed by atoms with Crippen molar-refractivity contribution in [3.05, 3.63) is 76.5 Å². The Morgan fingerprint density at radius 3 is 2.37 bits per heavy atom. The standard InChI is InChI=1S/C24H27N5O5S/c30-23(19-8-10-21(11-9-19)35(32,33)27-14-16-34-17-15-27)25-12-13-28-24(31)29(20-4-2-1-3-5-20)22(26-28)18-6-7-18/h1-5,8-11,18H,6-7,12-17H2,(H,25,30). The first-order valence-electron chi connectivity index (χ1n) is 11.7. The van der Waals surface area contributed by atoms with Crippen molar-refractivity contribution in [3.63, 3.8) is 0 Å². The third kappa shape index (κ3) is 4.93. The Morgan fingerprint density at radius 1 is 1.03 bits per heavy atom. The molecule has 0 unspecified atom stereocenters. The van der Waals surface area contributed by atoms with Gasteiger partial charge in [0, 0.05) is 31.1 Å². The van der Waals surface area contributed by atoms with Crippen LogP contribution < -0.4 is 11.0 Å². The second kappa shape index (κ2) is 9.76. The number of hydrogen-bond donors (Lipinski definition) is 1. The maximum Gasteiger partial charge on any atom is 0.350 e. The molecule has 0 spiro atoms. The summed E-state index contributed by atoms with van der Waals surface area (Å²) in [4.78, 5) is 25.7. The number of hydrogen-bond acceptors (Lipinski definition) is 6. The Bertz CT molecular complexity index is 1360. The van der Waals surface area contributed by atoms with Crippen LogP contribution in [0.15, 0.2) is 64.3 Å². The second-order valence-electron chi connectivity index (χ2n) is 8.61. The number of rotatable bonds is 8. The zero-order valence-electron chi connectivity index (χ0n) is 19.2. The fourth-order valence-corrected chi connectivity index (χ4v) is 5.50. The van der Waals surface area contributed by atoms with E-state index in [1.165, 1.54) is 33.3 Å². The molecule has 3 aromatic rings. The number of morpholine rings is 1. The first-order chi connectivity index (χ1) is 16.9. The molecule has 1 aliphatic carbocycles. The highest BCUT2D eigenvalue weighted by Gasteiger charge is 2.31. The third-order valence-corrected chi connectivity index (χ3v) is 8.07. The van der Waals surface area contributed by atoms with Crippen LogP contribution in [0.3, 0.4) is 0 Å². The van der Waals surface area contributed by atoms with Crippen molar-refractivity contribution in [1.29, 1.82) is 0 Å². The van der Waals surface area contributed by atoms with Crippen LogP contribution >= 0.6 is 0 Å². The molecule has 1 N–H and O–H groups in total. The average molecular weight is 498 g/mol. The molecule has 1 aromatic heterocycles. The van der Waals surface area contributed by atoms with Crippen LogP contribution in [0.4, 0.5) is 0 Å². The smallest absolute Gasteiger partial charge is 0.350 e.